The second-order valence-electron chi connectivity index (χ2n) is 6.12. The van der Waals surface area contributed by atoms with Gasteiger partial charge < -0.3 is 15.6 Å². The predicted octanol–water partition coefficient (Wildman–Crippen LogP) is 1.66. The molecule has 1 aromatic rings. The van der Waals surface area contributed by atoms with E-state index in [1.165, 1.54) is 11.1 Å². The van der Waals surface area contributed by atoms with Gasteiger partial charge in [-0.2, -0.15) is 0 Å². The van der Waals surface area contributed by atoms with Crippen molar-refractivity contribution in [3.63, 3.8) is 0 Å². The largest absolute Gasteiger partial charge is 0.389 e. The molecule has 104 valence electrons. The first-order valence-electron chi connectivity index (χ1n) is 7.26. The van der Waals surface area contributed by atoms with E-state index < -0.39 is 5.60 Å². The van der Waals surface area contributed by atoms with Crippen molar-refractivity contribution >= 4 is 0 Å². The van der Waals surface area contributed by atoms with Gasteiger partial charge in [-0.3, -0.25) is 0 Å². The van der Waals surface area contributed by atoms with Crippen LogP contribution in [0.4, 0.5) is 0 Å². The molecule has 2 unspecified atom stereocenters. The third-order valence-electron chi connectivity index (χ3n) is 5.11. The summed E-state index contributed by atoms with van der Waals surface area (Å²) in [5.74, 6) is 0. The maximum atomic E-state index is 11.2. The van der Waals surface area contributed by atoms with Gasteiger partial charge in [0.05, 0.1) is 12.2 Å². The molecule has 1 saturated heterocycles. The molecule has 0 bridgehead atoms. The van der Waals surface area contributed by atoms with Gasteiger partial charge in [0.2, 0.25) is 0 Å². The first-order chi connectivity index (χ1) is 9.19. The first-order valence-corrected chi connectivity index (χ1v) is 7.26. The Morgan fingerprint density at radius 1 is 1.21 bits per heavy atom. The minimum atomic E-state index is -0.712. The Labute approximate surface area is 114 Å². The van der Waals surface area contributed by atoms with Gasteiger partial charge in [-0.25, -0.2) is 0 Å². The number of hydrogen-bond acceptors (Lipinski definition) is 3. The lowest BCUT2D eigenvalue weighted by atomic mass is 9.61. The molecule has 0 aromatic heterocycles. The molecule has 2 atom stereocenters. The van der Waals surface area contributed by atoms with Crippen molar-refractivity contribution in [3.05, 3.63) is 35.4 Å². The van der Waals surface area contributed by atoms with Crippen molar-refractivity contribution in [1.29, 1.82) is 0 Å². The van der Waals surface area contributed by atoms with Gasteiger partial charge in [-0.1, -0.05) is 24.3 Å². The SMILES string of the molecule is NCC1(C2(O)CCc3ccccc3C2)CCCOC1. The van der Waals surface area contributed by atoms with Crippen LogP contribution < -0.4 is 5.73 Å². The molecule has 1 aliphatic carbocycles. The van der Waals surface area contributed by atoms with E-state index in [9.17, 15) is 5.11 Å². The van der Waals surface area contributed by atoms with Crippen molar-refractivity contribution in [2.75, 3.05) is 19.8 Å². The van der Waals surface area contributed by atoms with E-state index in [2.05, 4.69) is 24.3 Å². The van der Waals surface area contributed by atoms with Gasteiger partial charge >= 0.3 is 0 Å². The normalized spacial score (nSPS) is 34.8. The zero-order valence-corrected chi connectivity index (χ0v) is 11.4. The highest BCUT2D eigenvalue weighted by Crippen LogP contribution is 2.45. The minimum Gasteiger partial charge on any atom is -0.389 e. The molecule has 1 aromatic carbocycles. The first kappa shape index (κ1) is 13.1. The Morgan fingerprint density at radius 3 is 2.68 bits per heavy atom. The quantitative estimate of drug-likeness (QED) is 0.851. The number of fused-ring (bicyclic) bond motifs is 1. The van der Waals surface area contributed by atoms with Gasteiger partial charge in [-0.05, 0) is 36.8 Å². The van der Waals surface area contributed by atoms with Crippen molar-refractivity contribution in [1.82, 2.24) is 0 Å². The van der Waals surface area contributed by atoms with Gasteiger partial charge in [-0.15, -0.1) is 0 Å². The van der Waals surface area contributed by atoms with E-state index in [4.69, 9.17) is 10.5 Å². The Balaban J connectivity index is 1.91. The van der Waals surface area contributed by atoms with Crippen LogP contribution in [0, 0.1) is 5.41 Å². The molecule has 2 aliphatic rings. The highest BCUT2D eigenvalue weighted by Gasteiger charge is 2.51. The lowest BCUT2D eigenvalue weighted by molar-refractivity contribution is -0.149. The van der Waals surface area contributed by atoms with Gasteiger partial charge in [0, 0.05) is 25.0 Å². The van der Waals surface area contributed by atoms with Crippen molar-refractivity contribution < 1.29 is 9.84 Å². The summed E-state index contributed by atoms with van der Waals surface area (Å²) >= 11 is 0. The number of nitrogens with two attached hydrogens (primary N) is 1. The van der Waals surface area contributed by atoms with Crippen LogP contribution in [0.5, 0.6) is 0 Å². The molecule has 3 N–H and O–H groups in total. The van der Waals surface area contributed by atoms with Crippen molar-refractivity contribution in [3.8, 4) is 0 Å². The Kier molecular flexibility index (Phi) is 3.37. The zero-order valence-electron chi connectivity index (χ0n) is 11.4. The van der Waals surface area contributed by atoms with E-state index in [-0.39, 0.29) is 5.41 Å². The summed E-state index contributed by atoms with van der Waals surface area (Å²) in [4.78, 5) is 0. The monoisotopic (exact) mass is 261 g/mol. The van der Waals surface area contributed by atoms with E-state index in [0.717, 1.165) is 32.3 Å². The van der Waals surface area contributed by atoms with Gasteiger partial charge in [0.25, 0.3) is 0 Å². The second kappa shape index (κ2) is 4.89. The molecule has 1 aliphatic heterocycles. The molecular formula is C16H23NO2. The highest BCUT2D eigenvalue weighted by atomic mass is 16.5. The summed E-state index contributed by atoms with van der Waals surface area (Å²) in [6, 6.07) is 8.43. The zero-order chi connectivity index (χ0) is 13.3. The third-order valence-corrected chi connectivity index (χ3v) is 5.11. The van der Waals surface area contributed by atoms with Crippen molar-refractivity contribution in [2.45, 2.75) is 37.7 Å². The van der Waals surface area contributed by atoms with Crippen LogP contribution in [0.15, 0.2) is 24.3 Å². The number of aliphatic hydroxyl groups is 1. The molecule has 0 amide bonds. The lowest BCUT2D eigenvalue weighted by Gasteiger charge is -2.50. The fourth-order valence-electron chi connectivity index (χ4n) is 3.74. The summed E-state index contributed by atoms with van der Waals surface area (Å²) in [7, 11) is 0. The number of benzene rings is 1. The van der Waals surface area contributed by atoms with E-state index in [0.29, 0.717) is 19.6 Å². The van der Waals surface area contributed by atoms with Crippen molar-refractivity contribution in [2.24, 2.45) is 11.1 Å². The van der Waals surface area contributed by atoms with Crippen LogP contribution in [0.25, 0.3) is 0 Å². The van der Waals surface area contributed by atoms with Gasteiger partial charge in [0.15, 0.2) is 0 Å². The van der Waals surface area contributed by atoms with E-state index >= 15 is 0 Å². The number of aryl methyl sites for hydroxylation is 1. The molecule has 1 fully saturated rings. The maximum absolute atomic E-state index is 11.2. The molecule has 3 heteroatoms. The van der Waals surface area contributed by atoms with Crippen LogP contribution in [-0.2, 0) is 17.6 Å². The molecule has 0 radical (unpaired) electrons. The lowest BCUT2D eigenvalue weighted by Crippen LogP contribution is -2.59. The Hall–Kier alpha value is -0.900. The summed E-state index contributed by atoms with van der Waals surface area (Å²) in [6.07, 6.45) is 4.42. The van der Waals surface area contributed by atoms with Crippen LogP contribution in [-0.4, -0.2) is 30.5 Å². The summed E-state index contributed by atoms with van der Waals surface area (Å²) in [5, 5.41) is 11.2. The minimum absolute atomic E-state index is 0.265. The van der Waals surface area contributed by atoms with Crippen LogP contribution in [0.1, 0.15) is 30.4 Å². The highest BCUT2D eigenvalue weighted by molar-refractivity contribution is 5.32. The average Bonchev–Trinajstić information content (AvgIpc) is 2.47. The molecule has 0 spiro atoms. The predicted molar refractivity (Wildman–Crippen MR) is 75.0 cm³/mol. The summed E-state index contributed by atoms with van der Waals surface area (Å²) in [5.41, 5.74) is 7.70. The van der Waals surface area contributed by atoms with Crippen LogP contribution in [0.3, 0.4) is 0 Å². The topological polar surface area (TPSA) is 55.5 Å². The molecular weight excluding hydrogens is 238 g/mol. The molecule has 3 nitrogen and oxygen atoms in total. The van der Waals surface area contributed by atoms with Crippen LogP contribution >= 0.6 is 0 Å². The number of hydrogen-bond donors (Lipinski definition) is 2. The molecule has 3 rings (SSSR count). The fourth-order valence-corrected chi connectivity index (χ4v) is 3.74. The number of rotatable bonds is 2. The molecule has 0 saturated carbocycles. The average molecular weight is 261 g/mol. The number of ether oxygens (including phenoxy) is 1. The fraction of sp³-hybridized carbons (Fsp3) is 0.625. The second-order valence-corrected chi connectivity index (χ2v) is 6.12. The van der Waals surface area contributed by atoms with Crippen LogP contribution in [0.2, 0.25) is 0 Å². The summed E-state index contributed by atoms with van der Waals surface area (Å²) < 4.78 is 5.64. The Morgan fingerprint density at radius 2 is 2.00 bits per heavy atom. The van der Waals surface area contributed by atoms with E-state index in [1.807, 2.05) is 0 Å². The molecule has 1 heterocycles. The van der Waals surface area contributed by atoms with E-state index in [1.54, 1.807) is 0 Å². The smallest absolute Gasteiger partial charge is 0.0781 e. The Bertz CT molecular complexity index is 454. The standard InChI is InChI=1S/C16H23NO2/c17-11-15(7-3-9-19-12-15)16(18)8-6-13-4-1-2-5-14(13)10-16/h1-2,4-5,18H,3,6-12,17H2. The summed E-state index contributed by atoms with van der Waals surface area (Å²) in [6.45, 7) is 1.91. The third kappa shape index (κ3) is 2.10. The molecule has 19 heavy (non-hydrogen) atoms. The maximum Gasteiger partial charge on any atom is 0.0781 e. The van der Waals surface area contributed by atoms with Gasteiger partial charge in [0.1, 0.15) is 0 Å².